The molecule has 1 aromatic carbocycles. The molecule has 1 saturated heterocycles. The van der Waals surface area contributed by atoms with Crippen molar-refractivity contribution in [1.82, 2.24) is 4.90 Å². The molecule has 2 aliphatic rings. The van der Waals surface area contributed by atoms with Crippen molar-refractivity contribution < 1.29 is 4.79 Å². The molecule has 1 aromatic rings. The molecular formula is C18H26N2O. The zero-order chi connectivity index (χ0) is 14.7. The van der Waals surface area contributed by atoms with Gasteiger partial charge in [-0.2, -0.15) is 0 Å². The molecule has 21 heavy (non-hydrogen) atoms. The summed E-state index contributed by atoms with van der Waals surface area (Å²) in [6.07, 6.45) is 6.36. The van der Waals surface area contributed by atoms with Crippen LogP contribution in [-0.4, -0.2) is 30.4 Å². The van der Waals surface area contributed by atoms with Crippen LogP contribution in [0.25, 0.3) is 0 Å². The molecule has 1 atom stereocenters. The number of piperidine rings is 1. The lowest BCUT2D eigenvalue weighted by Gasteiger charge is -2.35. The van der Waals surface area contributed by atoms with E-state index in [1.165, 1.54) is 11.1 Å². The predicted molar refractivity (Wildman–Crippen MR) is 84.9 cm³/mol. The first kappa shape index (κ1) is 14.6. The lowest BCUT2D eigenvalue weighted by atomic mass is 9.82. The largest absolute Gasteiger partial charge is 0.342 e. The Kier molecular flexibility index (Phi) is 4.59. The maximum absolute atomic E-state index is 12.7. The van der Waals surface area contributed by atoms with Crippen LogP contribution in [0.4, 0.5) is 0 Å². The molecule has 1 aliphatic carbocycles. The topological polar surface area (TPSA) is 46.3 Å². The number of nitrogens with two attached hydrogens (primary N) is 1. The van der Waals surface area contributed by atoms with Crippen molar-refractivity contribution in [3.63, 3.8) is 0 Å². The van der Waals surface area contributed by atoms with Crippen LogP contribution in [-0.2, 0) is 17.6 Å². The maximum Gasteiger partial charge on any atom is 0.226 e. The van der Waals surface area contributed by atoms with Gasteiger partial charge in [0.2, 0.25) is 5.91 Å². The molecule has 0 aromatic heterocycles. The number of carbonyl (C=O) groups is 1. The van der Waals surface area contributed by atoms with Gasteiger partial charge >= 0.3 is 0 Å². The summed E-state index contributed by atoms with van der Waals surface area (Å²) < 4.78 is 0. The smallest absolute Gasteiger partial charge is 0.226 e. The van der Waals surface area contributed by atoms with Gasteiger partial charge in [-0.05, 0) is 62.1 Å². The molecule has 1 fully saturated rings. The van der Waals surface area contributed by atoms with Crippen LogP contribution in [0.3, 0.4) is 0 Å². The molecule has 1 amide bonds. The van der Waals surface area contributed by atoms with Crippen molar-refractivity contribution >= 4 is 5.91 Å². The van der Waals surface area contributed by atoms with Crippen molar-refractivity contribution in [2.75, 3.05) is 19.6 Å². The van der Waals surface area contributed by atoms with Gasteiger partial charge in [0, 0.05) is 19.0 Å². The number of amides is 1. The number of aryl methyl sites for hydroxylation is 1. The van der Waals surface area contributed by atoms with E-state index in [2.05, 4.69) is 29.2 Å². The minimum atomic E-state index is 0.200. The zero-order valence-electron chi connectivity index (χ0n) is 12.8. The molecule has 1 aliphatic heterocycles. The average Bonchev–Trinajstić information content (AvgIpc) is 2.55. The SMILES string of the molecule is NCCC1CCN(C(=O)C2CCc3ccccc3C2)CC1. The summed E-state index contributed by atoms with van der Waals surface area (Å²) >= 11 is 0. The van der Waals surface area contributed by atoms with Crippen LogP contribution in [0.5, 0.6) is 0 Å². The second-order valence-electron chi connectivity index (χ2n) is 6.55. The molecule has 1 unspecified atom stereocenters. The summed E-state index contributed by atoms with van der Waals surface area (Å²) in [7, 11) is 0. The van der Waals surface area contributed by atoms with Crippen LogP contribution >= 0.6 is 0 Å². The Balaban J connectivity index is 1.57. The number of hydrogen-bond acceptors (Lipinski definition) is 2. The normalized spacial score (nSPS) is 22.9. The van der Waals surface area contributed by atoms with E-state index >= 15 is 0 Å². The third kappa shape index (κ3) is 3.29. The Labute approximate surface area is 127 Å². The van der Waals surface area contributed by atoms with Crippen LogP contribution in [0.1, 0.15) is 36.8 Å². The number of carbonyl (C=O) groups excluding carboxylic acids is 1. The van der Waals surface area contributed by atoms with E-state index in [1.807, 2.05) is 0 Å². The number of likely N-dealkylation sites (tertiary alicyclic amines) is 1. The van der Waals surface area contributed by atoms with Crippen molar-refractivity contribution in [2.45, 2.75) is 38.5 Å². The Bertz CT molecular complexity index is 492. The van der Waals surface area contributed by atoms with Gasteiger partial charge < -0.3 is 10.6 Å². The van der Waals surface area contributed by atoms with Gasteiger partial charge in [-0.1, -0.05) is 24.3 Å². The Morgan fingerprint density at radius 1 is 1.14 bits per heavy atom. The molecule has 3 heteroatoms. The first-order valence-electron chi connectivity index (χ1n) is 8.33. The molecule has 0 bridgehead atoms. The van der Waals surface area contributed by atoms with Gasteiger partial charge in [0.25, 0.3) is 0 Å². The molecule has 0 spiro atoms. The van der Waals surface area contributed by atoms with Gasteiger partial charge in [0.05, 0.1) is 0 Å². The first-order valence-corrected chi connectivity index (χ1v) is 8.33. The van der Waals surface area contributed by atoms with E-state index in [0.717, 1.165) is 64.1 Å². The predicted octanol–water partition coefficient (Wildman–Crippen LogP) is 2.38. The van der Waals surface area contributed by atoms with Gasteiger partial charge in [0.1, 0.15) is 0 Å². The van der Waals surface area contributed by atoms with Gasteiger partial charge in [0.15, 0.2) is 0 Å². The number of nitrogens with zero attached hydrogens (tertiary/aromatic N) is 1. The Morgan fingerprint density at radius 2 is 1.86 bits per heavy atom. The first-order chi connectivity index (χ1) is 10.3. The monoisotopic (exact) mass is 286 g/mol. The maximum atomic E-state index is 12.7. The third-order valence-corrected chi connectivity index (χ3v) is 5.20. The quantitative estimate of drug-likeness (QED) is 0.927. The zero-order valence-corrected chi connectivity index (χ0v) is 12.8. The highest BCUT2D eigenvalue weighted by atomic mass is 16.2. The van der Waals surface area contributed by atoms with E-state index in [4.69, 9.17) is 5.73 Å². The van der Waals surface area contributed by atoms with Crippen LogP contribution in [0.2, 0.25) is 0 Å². The van der Waals surface area contributed by atoms with Gasteiger partial charge in [-0.15, -0.1) is 0 Å². The second kappa shape index (κ2) is 6.61. The van der Waals surface area contributed by atoms with Crippen molar-refractivity contribution in [3.05, 3.63) is 35.4 Å². The van der Waals surface area contributed by atoms with Crippen molar-refractivity contribution in [2.24, 2.45) is 17.6 Å². The van der Waals surface area contributed by atoms with E-state index in [0.29, 0.717) is 5.91 Å². The fourth-order valence-corrected chi connectivity index (χ4v) is 3.84. The molecule has 3 nitrogen and oxygen atoms in total. The average molecular weight is 286 g/mol. The van der Waals surface area contributed by atoms with Crippen molar-refractivity contribution in [1.29, 1.82) is 0 Å². The highest BCUT2D eigenvalue weighted by Gasteiger charge is 2.30. The fraction of sp³-hybridized carbons (Fsp3) is 0.611. The van der Waals surface area contributed by atoms with E-state index in [9.17, 15) is 4.79 Å². The fourth-order valence-electron chi connectivity index (χ4n) is 3.84. The summed E-state index contributed by atoms with van der Waals surface area (Å²) in [5.74, 6) is 1.31. The lowest BCUT2D eigenvalue weighted by Crippen LogP contribution is -2.43. The van der Waals surface area contributed by atoms with Crippen LogP contribution in [0.15, 0.2) is 24.3 Å². The van der Waals surface area contributed by atoms with Crippen LogP contribution in [0, 0.1) is 11.8 Å². The second-order valence-corrected chi connectivity index (χ2v) is 6.55. The molecule has 2 N–H and O–H groups in total. The summed E-state index contributed by atoms with van der Waals surface area (Å²) in [6, 6.07) is 8.57. The van der Waals surface area contributed by atoms with E-state index < -0.39 is 0 Å². The molecule has 0 saturated carbocycles. The highest BCUT2D eigenvalue weighted by molar-refractivity contribution is 5.79. The molecule has 1 heterocycles. The van der Waals surface area contributed by atoms with Gasteiger partial charge in [-0.3, -0.25) is 4.79 Å². The number of benzene rings is 1. The molecule has 114 valence electrons. The lowest BCUT2D eigenvalue weighted by molar-refractivity contribution is -0.137. The minimum Gasteiger partial charge on any atom is -0.342 e. The standard InChI is InChI=1S/C18H26N2O/c19-10-7-14-8-11-20(12-9-14)18(21)17-6-5-15-3-1-2-4-16(15)13-17/h1-4,14,17H,5-13,19H2. The summed E-state index contributed by atoms with van der Waals surface area (Å²) in [5, 5.41) is 0. The van der Waals surface area contributed by atoms with Crippen LogP contribution < -0.4 is 5.73 Å². The third-order valence-electron chi connectivity index (χ3n) is 5.20. The molecule has 0 radical (unpaired) electrons. The summed E-state index contributed by atoms with van der Waals surface area (Å²) in [5.41, 5.74) is 8.44. The van der Waals surface area contributed by atoms with Crippen molar-refractivity contribution in [3.8, 4) is 0 Å². The van der Waals surface area contributed by atoms with Gasteiger partial charge in [-0.25, -0.2) is 0 Å². The Hall–Kier alpha value is -1.35. The minimum absolute atomic E-state index is 0.200. The highest BCUT2D eigenvalue weighted by Crippen LogP contribution is 2.28. The molecular weight excluding hydrogens is 260 g/mol. The summed E-state index contributed by atoms with van der Waals surface area (Å²) in [6.45, 7) is 2.64. The Morgan fingerprint density at radius 3 is 2.57 bits per heavy atom. The number of rotatable bonds is 3. The number of fused-ring (bicyclic) bond motifs is 1. The molecule has 3 rings (SSSR count). The van der Waals surface area contributed by atoms with E-state index in [-0.39, 0.29) is 5.92 Å². The summed E-state index contributed by atoms with van der Waals surface area (Å²) in [4.78, 5) is 14.8. The van der Waals surface area contributed by atoms with E-state index in [1.54, 1.807) is 0 Å². The number of hydrogen-bond donors (Lipinski definition) is 1.